The van der Waals surface area contributed by atoms with Crippen LogP contribution in [-0.2, 0) is 17.6 Å². The van der Waals surface area contributed by atoms with E-state index in [1.165, 1.54) is 11.1 Å². The van der Waals surface area contributed by atoms with Crippen molar-refractivity contribution >= 4 is 17.5 Å². The number of ether oxygens (including phenoxy) is 1. The van der Waals surface area contributed by atoms with Crippen molar-refractivity contribution in [2.45, 2.75) is 53.1 Å². The number of benzene rings is 2. The van der Waals surface area contributed by atoms with Gasteiger partial charge in [0, 0.05) is 49.0 Å². The quantitative estimate of drug-likeness (QED) is 0.340. The van der Waals surface area contributed by atoms with Crippen LogP contribution in [0.15, 0.2) is 73.3 Å². The fraction of sp³-hybridized carbons (Fsp3) is 0.276. The number of carbonyl (C=O) groups excluding carboxylic acids is 1. The molecule has 0 atom stereocenters. The SMILES string of the molecule is Cc1cc(N)ccc1Cc1ncccn1.Cc1cc(NC(=O)OC(C)(C)C)ccc1Cc1ncccn1. The summed E-state index contributed by atoms with van der Waals surface area (Å²) in [5.41, 5.74) is 11.3. The van der Waals surface area contributed by atoms with Crippen molar-refractivity contribution in [3.05, 3.63) is 107 Å². The number of hydrogen-bond acceptors (Lipinski definition) is 7. The first kappa shape index (κ1) is 27.3. The number of nitrogens with two attached hydrogens (primary N) is 1. The summed E-state index contributed by atoms with van der Waals surface area (Å²) in [6, 6.07) is 15.3. The second-order valence-electron chi connectivity index (χ2n) is 9.64. The van der Waals surface area contributed by atoms with Crippen LogP contribution in [0.1, 0.15) is 54.7 Å². The molecule has 4 aromatic rings. The Bertz CT molecular complexity index is 1310. The van der Waals surface area contributed by atoms with E-state index in [1.807, 2.05) is 70.2 Å². The lowest BCUT2D eigenvalue weighted by Crippen LogP contribution is -2.27. The van der Waals surface area contributed by atoms with Crippen LogP contribution in [0.5, 0.6) is 0 Å². The molecule has 2 aromatic carbocycles. The molecule has 8 nitrogen and oxygen atoms in total. The first-order valence-electron chi connectivity index (χ1n) is 12.1. The van der Waals surface area contributed by atoms with E-state index in [1.54, 1.807) is 30.9 Å². The third-order valence-electron chi connectivity index (χ3n) is 5.29. The summed E-state index contributed by atoms with van der Waals surface area (Å²) in [5.74, 6) is 1.61. The fourth-order valence-corrected chi connectivity index (χ4v) is 3.49. The molecule has 0 fully saturated rings. The molecule has 37 heavy (non-hydrogen) atoms. The van der Waals surface area contributed by atoms with Gasteiger partial charge in [0.15, 0.2) is 0 Å². The van der Waals surface area contributed by atoms with Gasteiger partial charge in [-0.1, -0.05) is 12.1 Å². The van der Waals surface area contributed by atoms with Gasteiger partial charge >= 0.3 is 6.09 Å². The minimum absolute atomic E-state index is 0.453. The third kappa shape index (κ3) is 9.33. The van der Waals surface area contributed by atoms with Gasteiger partial charge in [-0.25, -0.2) is 24.7 Å². The highest BCUT2D eigenvalue weighted by atomic mass is 16.6. The lowest BCUT2D eigenvalue weighted by Gasteiger charge is -2.20. The van der Waals surface area contributed by atoms with Crippen LogP contribution in [0.25, 0.3) is 0 Å². The number of amides is 1. The molecule has 0 spiro atoms. The van der Waals surface area contributed by atoms with E-state index in [-0.39, 0.29) is 0 Å². The normalized spacial score (nSPS) is 10.7. The highest BCUT2D eigenvalue weighted by molar-refractivity contribution is 5.85. The van der Waals surface area contributed by atoms with Crippen LogP contribution in [0.3, 0.4) is 0 Å². The Morgan fingerprint density at radius 3 is 1.76 bits per heavy atom. The van der Waals surface area contributed by atoms with Gasteiger partial charge in [0.2, 0.25) is 0 Å². The number of nitrogens with zero attached hydrogens (tertiary/aromatic N) is 4. The number of hydrogen-bond donors (Lipinski definition) is 2. The van der Waals surface area contributed by atoms with Crippen molar-refractivity contribution in [1.29, 1.82) is 0 Å². The van der Waals surface area contributed by atoms with E-state index in [4.69, 9.17) is 10.5 Å². The van der Waals surface area contributed by atoms with Gasteiger partial charge in [0.25, 0.3) is 0 Å². The fourth-order valence-electron chi connectivity index (χ4n) is 3.49. The lowest BCUT2D eigenvalue weighted by atomic mass is 10.0. The minimum atomic E-state index is -0.510. The summed E-state index contributed by atoms with van der Waals surface area (Å²) in [6.07, 6.45) is 7.95. The van der Waals surface area contributed by atoms with Gasteiger partial charge in [-0.05, 0) is 93.3 Å². The Morgan fingerprint density at radius 1 is 0.811 bits per heavy atom. The van der Waals surface area contributed by atoms with Crippen molar-refractivity contribution in [2.24, 2.45) is 0 Å². The maximum Gasteiger partial charge on any atom is 0.412 e. The molecule has 0 unspecified atom stereocenters. The van der Waals surface area contributed by atoms with Gasteiger partial charge in [0.1, 0.15) is 17.2 Å². The highest BCUT2D eigenvalue weighted by Crippen LogP contribution is 2.18. The van der Waals surface area contributed by atoms with E-state index in [0.717, 1.165) is 34.9 Å². The van der Waals surface area contributed by atoms with Crippen molar-refractivity contribution in [1.82, 2.24) is 19.9 Å². The minimum Gasteiger partial charge on any atom is -0.444 e. The van der Waals surface area contributed by atoms with E-state index >= 15 is 0 Å². The Hall–Kier alpha value is -4.33. The number of carbonyl (C=O) groups is 1. The van der Waals surface area contributed by atoms with E-state index < -0.39 is 11.7 Å². The van der Waals surface area contributed by atoms with Gasteiger partial charge < -0.3 is 10.5 Å². The van der Waals surface area contributed by atoms with Gasteiger partial charge in [-0.2, -0.15) is 0 Å². The average Bonchev–Trinajstić information content (AvgIpc) is 2.83. The monoisotopic (exact) mass is 498 g/mol. The summed E-state index contributed by atoms with van der Waals surface area (Å²) in [6.45, 7) is 9.55. The molecular formula is C29H34N6O2. The van der Waals surface area contributed by atoms with Gasteiger partial charge in [0.05, 0.1) is 0 Å². The summed E-state index contributed by atoms with van der Waals surface area (Å²) in [5, 5.41) is 2.74. The molecular weight excluding hydrogens is 464 g/mol. The van der Waals surface area contributed by atoms with Gasteiger partial charge in [-0.15, -0.1) is 0 Å². The topological polar surface area (TPSA) is 116 Å². The maximum atomic E-state index is 11.8. The molecule has 0 bridgehead atoms. The molecule has 1 amide bonds. The largest absolute Gasteiger partial charge is 0.444 e. The van der Waals surface area contributed by atoms with Crippen LogP contribution in [0.4, 0.5) is 16.2 Å². The van der Waals surface area contributed by atoms with Crippen molar-refractivity contribution in [3.8, 4) is 0 Å². The molecule has 0 aliphatic carbocycles. The highest BCUT2D eigenvalue weighted by Gasteiger charge is 2.16. The molecule has 8 heteroatoms. The smallest absolute Gasteiger partial charge is 0.412 e. The zero-order valence-corrected chi connectivity index (χ0v) is 22.0. The third-order valence-corrected chi connectivity index (χ3v) is 5.29. The maximum absolute atomic E-state index is 11.8. The molecule has 0 saturated heterocycles. The van der Waals surface area contributed by atoms with E-state index in [2.05, 4.69) is 32.2 Å². The lowest BCUT2D eigenvalue weighted by molar-refractivity contribution is 0.0636. The van der Waals surface area contributed by atoms with Crippen LogP contribution in [0, 0.1) is 13.8 Å². The number of anilines is 2. The summed E-state index contributed by atoms with van der Waals surface area (Å²) < 4.78 is 5.24. The second-order valence-corrected chi connectivity index (χ2v) is 9.64. The standard InChI is InChI=1S/C17H21N3O2.C12H13N3/c1-12-10-14(20-16(21)22-17(2,3)4)7-6-13(12)11-15-18-8-5-9-19-15;1-9-7-11(13)4-3-10(9)8-12-14-5-2-6-15-12/h5-10H,11H2,1-4H3,(H,20,21);2-7H,8,13H2,1H3. The van der Waals surface area contributed by atoms with Crippen LogP contribution in [-0.4, -0.2) is 31.6 Å². The van der Waals surface area contributed by atoms with Crippen molar-refractivity contribution < 1.29 is 9.53 Å². The number of nitrogens with one attached hydrogen (secondary N) is 1. The van der Waals surface area contributed by atoms with E-state index in [9.17, 15) is 4.79 Å². The van der Waals surface area contributed by atoms with Crippen molar-refractivity contribution in [3.63, 3.8) is 0 Å². The predicted molar refractivity (Wildman–Crippen MR) is 146 cm³/mol. The number of aromatic nitrogens is 4. The summed E-state index contributed by atoms with van der Waals surface area (Å²) in [4.78, 5) is 28.6. The van der Waals surface area contributed by atoms with Gasteiger partial charge in [-0.3, -0.25) is 5.32 Å². The number of nitrogen functional groups attached to an aromatic ring is 1. The summed E-state index contributed by atoms with van der Waals surface area (Å²) >= 11 is 0. The number of aryl methyl sites for hydroxylation is 2. The van der Waals surface area contributed by atoms with Crippen LogP contribution < -0.4 is 11.1 Å². The molecule has 0 aliphatic rings. The number of rotatable bonds is 5. The van der Waals surface area contributed by atoms with Crippen molar-refractivity contribution in [2.75, 3.05) is 11.1 Å². The Labute approximate surface area is 218 Å². The Kier molecular flexibility index (Phi) is 9.27. The molecule has 0 saturated carbocycles. The predicted octanol–water partition coefficient (Wildman–Crippen LogP) is 5.68. The molecule has 3 N–H and O–H groups in total. The molecule has 0 radical (unpaired) electrons. The van der Waals surface area contributed by atoms with E-state index in [0.29, 0.717) is 12.1 Å². The first-order valence-corrected chi connectivity index (χ1v) is 12.1. The first-order chi connectivity index (χ1) is 17.6. The van der Waals surface area contributed by atoms with Crippen LogP contribution >= 0.6 is 0 Å². The Morgan fingerprint density at radius 2 is 1.30 bits per heavy atom. The molecule has 0 aliphatic heterocycles. The molecule has 2 aromatic heterocycles. The second kappa shape index (κ2) is 12.6. The average molecular weight is 499 g/mol. The Balaban J connectivity index is 0.000000220. The molecule has 4 rings (SSSR count). The van der Waals surface area contributed by atoms with Crippen LogP contribution in [0.2, 0.25) is 0 Å². The zero-order valence-electron chi connectivity index (χ0n) is 22.0. The molecule has 2 heterocycles. The zero-order chi connectivity index (χ0) is 26.8. The summed E-state index contributed by atoms with van der Waals surface area (Å²) in [7, 11) is 0. The molecule has 192 valence electrons.